The van der Waals surface area contributed by atoms with Gasteiger partial charge in [0.25, 0.3) is 8.53 Å². The van der Waals surface area contributed by atoms with Crippen LogP contribution in [0.1, 0.15) is 97.1 Å². The Morgan fingerprint density at radius 2 is 1.55 bits per heavy atom. The molecule has 1 fully saturated rings. The summed E-state index contributed by atoms with van der Waals surface area (Å²) < 4.78 is 49.3. The maximum absolute atomic E-state index is 12.9. The molecular formula is C48H62N7O8P. The van der Waals surface area contributed by atoms with Crippen molar-refractivity contribution in [3.8, 4) is 23.4 Å². The minimum absolute atomic E-state index is 0.0665. The first-order valence-corrected chi connectivity index (χ1v) is 23.1. The predicted octanol–water partition coefficient (Wildman–Crippen LogP) is 9.57. The number of aromatic nitrogens is 4. The largest absolute Gasteiger partial charge is 0.497 e. The molecule has 16 heteroatoms. The van der Waals surface area contributed by atoms with Crippen LogP contribution in [0.5, 0.6) is 17.4 Å². The smallest absolute Gasteiger partial charge is 0.259 e. The SMILES string of the molecule is CCCCOc1nc(NC(=O)C(C)C)nc2c1ncn2[C@H]1C[C@H](OP(OCCC#N)N(C(C)C)C(C)C)[C@@H](COC(c2ccccc2)(c2ccc(OC)cc2)c2ccc(OC)cc2)O1. The van der Waals surface area contributed by atoms with E-state index in [0.717, 1.165) is 29.5 Å². The number of fused-ring (bicyclic) bond motifs is 1. The monoisotopic (exact) mass is 895 g/mol. The fraction of sp³-hybridized carbons (Fsp3) is 0.479. The molecule has 3 aromatic carbocycles. The lowest BCUT2D eigenvalue weighted by Crippen LogP contribution is -2.39. The summed E-state index contributed by atoms with van der Waals surface area (Å²) in [6.07, 6.45) is 2.10. The van der Waals surface area contributed by atoms with Gasteiger partial charge in [0.15, 0.2) is 11.2 Å². The number of hydrogen-bond donors (Lipinski definition) is 1. The fourth-order valence-electron chi connectivity index (χ4n) is 7.65. The molecular weight excluding hydrogens is 834 g/mol. The number of nitriles is 1. The van der Waals surface area contributed by atoms with Crippen LogP contribution in [0.2, 0.25) is 0 Å². The number of unbranched alkanes of at least 4 members (excludes halogenated alkanes) is 1. The number of imidazole rings is 1. The third-order valence-corrected chi connectivity index (χ3v) is 13.1. The summed E-state index contributed by atoms with van der Waals surface area (Å²) >= 11 is 0. The second kappa shape index (κ2) is 22.6. The molecule has 1 aliphatic heterocycles. The van der Waals surface area contributed by atoms with Gasteiger partial charge in [-0.25, -0.2) is 9.65 Å². The first kappa shape index (κ1) is 48.3. The van der Waals surface area contributed by atoms with Crippen LogP contribution < -0.4 is 19.5 Å². The van der Waals surface area contributed by atoms with E-state index in [9.17, 15) is 10.1 Å². The summed E-state index contributed by atoms with van der Waals surface area (Å²) in [5.74, 6) is 1.27. The Morgan fingerprint density at radius 3 is 2.11 bits per heavy atom. The van der Waals surface area contributed by atoms with Crippen LogP contribution in [-0.4, -0.2) is 88.4 Å². The van der Waals surface area contributed by atoms with Gasteiger partial charge >= 0.3 is 0 Å². The zero-order valence-corrected chi connectivity index (χ0v) is 39.3. The average Bonchev–Trinajstić information content (AvgIpc) is 3.91. The van der Waals surface area contributed by atoms with Gasteiger partial charge in [0.1, 0.15) is 29.4 Å². The van der Waals surface area contributed by atoms with Crippen molar-refractivity contribution in [3.63, 3.8) is 0 Å². The van der Waals surface area contributed by atoms with Crippen molar-refractivity contribution in [2.75, 3.05) is 39.4 Å². The van der Waals surface area contributed by atoms with Gasteiger partial charge in [0.2, 0.25) is 17.7 Å². The van der Waals surface area contributed by atoms with Gasteiger partial charge in [-0.1, -0.05) is 81.8 Å². The first-order chi connectivity index (χ1) is 30.9. The molecule has 3 heterocycles. The molecule has 0 spiro atoms. The van der Waals surface area contributed by atoms with E-state index in [1.165, 1.54) is 0 Å². The van der Waals surface area contributed by atoms with Crippen molar-refractivity contribution in [2.24, 2.45) is 5.92 Å². The molecule has 1 aliphatic rings. The lowest BCUT2D eigenvalue weighted by Gasteiger charge is -2.39. The van der Waals surface area contributed by atoms with Crippen LogP contribution in [0.4, 0.5) is 5.95 Å². The van der Waals surface area contributed by atoms with Gasteiger partial charge in [-0.15, -0.1) is 0 Å². The number of hydrogen-bond acceptors (Lipinski definition) is 13. The van der Waals surface area contributed by atoms with Gasteiger partial charge in [-0.2, -0.15) is 15.2 Å². The number of rotatable bonds is 23. The number of carbonyl (C=O) groups excluding carboxylic acids is 1. The normalized spacial score (nSPS) is 17.0. The van der Waals surface area contributed by atoms with E-state index in [2.05, 4.69) is 67.8 Å². The van der Waals surface area contributed by atoms with Gasteiger partial charge in [-0.05, 0) is 75.1 Å². The first-order valence-electron chi connectivity index (χ1n) is 22.0. The van der Waals surface area contributed by atoms with Crippen LogP contribution in [0.25, 0.3) is 11.2 Å². The Hall–Kier alpha value is -5.20. The third-order valence-electron chi connectivity index (χ3n) is 10.9. The van der Waals surface area contributed by atoms with Gasteiger partial charge < -0.3 is 32.7 Å². The van der Waals surface area contributed by atoms with Crippen molar-refractivity contribution in [1.82, 2.24) is 24.2 Å². The quantitative estimate of drug-likeness (QED) is 0.0375. The van der Waals surface area contributed by atoms with Crippen LogP contribution in [0.3, 0.4) is 0 Å². The van der Waals surface area contributed by atoms with Gasteiger partial charge in [0.05, 0.1) is 59.0 Å². The Balaban J connectivity index is 1.46. The number of amides is 1. The van der Waals surface area contributed by atoms with Crippen molar-refractivity contribution in [1.29, 1.82) is 5.26 Å². The molecule has 0 saturated carbocycles. The Morgan fingerprint density at radius 1 is 0.922 bits per heavy atom. The molecule has 1 saturated heterocycles. The Bertz CT molecular complexity index is 2230. The van der Waals surface area contributed by atoms with Crippen LogP contribution in [0, 0.1) is 17.2 Å². The molecule has 0 bridgehead atoms. The van der Waals surface area contributed by atoms with E-state index in [1.54, 1.807) is 34.4 Å². The Labute approximate surface area is 378 Å². The molecule has 1 N–H and O–H groups in total. The van der Waals surface area contributed by atoms with Crippen LogP contribution in [0.15, 0.2) is 85.2 Å². The van der Waals surface area contributed by atoms with Gasteiger partial charge in [-0.3, -0.25) is 14.7 Å². The van der Waals surface area contributed by atoms with Crippen molar-refractivity contribution in [3.05, 3.63) is 102 Å². The highest BCUT2D eigenvalue weighted by Crippen LogP contribution is 2.51. The number of nitrogens with zero attached hydrogens (tertiary/aromatic N) is 6. The fourth-order valence-corrected chi connectivity index (χ4v) is 9.41. The van der Waals surface area contributed by atoms with Gasteiger partial charge in [0, 0.05) is 24.4 Å². The highest BCUT2D eigenvalue weighted by Gasteiger charge is 2.45. The topological polar surface area (TPSA) is 164 Å². The summed E-state index contributed by atoms with van der Waals surface area (Å²) in [4.78, 5) is 27.0. The van der Waals surface area contributed by atoms with E-state index in [4.69, 9.17) is 42.7 Å². The number of benzene rings is 3. The lowest BCUT2D eigenvalue weighted by atomic mass is 9.80. The van der Waals surface area contributed by atoms with Crippen LogP contribution in [-0.2, 0) is 28.9 Å². The van der Waals surface area contributed by atoms with Crippen LogP contribution >= 0.6 is 8.53 Å². The van der Waals surface area contributed by atoms with E-state index in [0.29, 0.717) is 35.7 Å². The van der Waals surface area contributed by atoms with E-state index >= 15 is 0 Å². The van der Waals surface area contributed by atoms with Crippen molar-refractivity contribution in [2.45, 2.75) is 110 Å². The molecule has 0 aliphatic carbocycles. The minimum Gasteiger partial charge on any atom is -0.497 e. The number of methoxy groups -OCH3 is 2. The molecule has 2 aromatic heterocycles. The second-order valence-electron chi connectivity index (χ2n) is 16.4. The zero-order valence-electron chi connectivity index (χ0n) is 38.4. The maximum Gasteiger partial charge on any atom is 0.259 e. The molecule has 1 amide bonds. The average molecular weight is 896 g/mol. The maximum atomic E-state index is 12.9. The summed E-state index contributed by atoms with van der Waals surface area (Å²) in [6, 6.07) is 28.2. The zero-order chi connectivity index (χ0) is 45.8. The second-order valence-corrected chi connectivity index (χ2v) is 17.8. The number of nitrogens with one attached hydrogen (secondary N) is 1. The highest BCUT2D eigenvalue weighted by atomic mass is 31.2. The summed E-state index contributed by atoms with van der Waals surface area (Å²) in [5.41, 5.74) is 2.37. The van der Waals surface area contributed by atoms with Crippen molar-refractivity contribution >= 4 is 31.5 Å². The standard InChI is InChI=1S/C48H62N7O8P/c1-10-11-27-59-46-43-44(51-47(53-46)52-45(56)32(2)3)54(31-50-43)42-29-40(63-64(61-28-15-26-49)55(33(4)5)34(6)7)41(62-42)30-60-48(35-16-13-12-14-17-35,36-18-22-38(57-8)23-19-36)37-20-24-39(58-9)25-21-37/h12-14,16-25,31-34,40-42H,10-11,15,27-30H2,1-9H3,(H,51,52,53,56)/t40-,41+,42+,64?/m0/s1. The molecule has 5 aromatic rings. The molecule has 15 nitrogen and oxygen atoms in total. The number of ether oxygens (including phenoxy) is 5. The molecule has 342 valence electrons. The lowest BCUT2D eigenvalue weighted by molar-refractivity contribution is -0.118. The summed E-state index contributed by atoms with van der Waals surface area (Å²) in [6.45, 7) is 14.8. The van der Waals surface area contributed by atoms with E-state index in [1.807, 2.05) is 71.3 Å². The molecule has 0 radical (unpaired) electrons. The molecule has 64 heavy (non-hydrogen) atoms. The number of carbonyl (C=O) groups is 1. The summed E-state index contributed by atoms with van der Waals surface area (Å²) in [7, 11) is 1.61. The molecule has 1 unspecified atom stereocenters. The molecule has 4 atom stereocenters. The predicted molar refractivity (Wildman–Crippen MR) is 246 cm³/mol. The highest BCUT2D eigenvalue weighted by molar-refractivity contribution is 7.44. The minimum atomic E-state index is -1.68. The molecule has 6 rings (SSSR count). The van der Waals surface area contributed by atoms with E-state index < -0.39 is 32.6 Å². The third kappa shape index (κ3) is 11.2. The van der Waals surface area contributed by atoms with E-state index in [-0.39, 0.29) is 55.4 Å². The Kier molecular flexibility index (Phi) is 17.1. The number of anilines is 1. The summed E-state index contributed by atoms with van der Waals surface area (Å²) in [5, 5.41) is 12.3. The van der Waals surface area contributed by atoms with Crippen molar-refractivity contribution < 1.29 is 37.5 Å².